The van der Waals surface area contributed by atoms with Crippen molar-refractivity contribution in [1.82, 2.24) is 4.57 Å². The Morgan fingerprint density at radius 2 is 1.81 bits per heavy atom. The number of benzene rings is 1. The SMILES string of the molecule is COc1ccc(-c2ccc(C(N)=S)c(=O)n2C(C)C)cc1. The van der Waals surface area contributed by atoms with Crippen LogP contribution < -0.4 is 16.0 Å². The summed E-state index contributed by atoms with van der Waals surface area (Å²) in [6, 6.07) is 11.1. The third kappa shape index (κ3) is 2.97. The highest BCUT2D eigenvalue weighted by molar-refractivity contribution is 7.80. The number of rotatable bonds is 4. The standard InChI is InChI=1S/C16H18N2O2S/c1-10(2)18-14(9-8-13(15(17)21)16(18)19)11-4-6-12(20-3)7-5-11/h4-10H,1-3H3,(H2,17,21). The zero-order valence-electron chi connectivity index (χ0n) is 12.3. The first-order valence-corrected chi connectivity index (χ1v) is 7.06. The molecule has 0 atom stereocenters. The van der Waals surface area contributed by atoms with Gasteiger partial charge in [0.15, 0.2) is 0 Å². The summed E-state index contributed by atoms with van der Waals surface area (Å²) in [6.45, 7) is 3.91. The first-order chi connectivity index (χ1) is 9.95. The Bertz CT molecular complexity index is 718. The Hall–Kier alpha value is -2.14. The monoisotopic (exact) mass is 302 g/mol. The van der Waals surface area contributed by atoms with Crippen LogP contribution in [0.5, 0.6) is 5.75 Å². The Kier molecular flexibility index (Phi) is 4.43. The van der Waals surface area contributed by atoms with Crippen LogP contribution in [-0.4, -0.2) is 16.7 Å². The summed E-state index contributed by atoms with van der Waals surface area (Å²) >= 11 is 4.94. The van der Waals surface area contributed by atoms with Crippen LogP contribution in [0.3, 0.4) is 0 Å². The van der Waals surface area contributed by atoms with Gasteiger partial charge in [-0.2, -0.15) is 0 Å². The summed E-state index contributed by atoms with van der Waals surface area (Å²) < 4.78 is 6.86. The van der Waals surface area contributed by atoms with E-state index in [0.29, 0.717) is 5.56 Å². The van der Waals surface area contributed by atoms with Gasteiger partial charge in [-0.15, -0.1) is 0 Å². The van der Waals surface area contributed by atoms with E-state index < -0.39 is 0 Å². The average molecular weight is 302 g/mol. The zero-order chi connectivity index (χ0) is 15.6. The fraction of sp³-hybridized carbons (Fsp3) is 0.250. The van der Waals surface area contributed by atoms with Gasteiger partial charge in [-0.3, -0.25) is 4.79 Å². The normalized spacial score (nSPS) is 10.7. The molecule has 0 fully saturated rings. The van der Waals surface area contributed by atoms with Gasteiger partial charge >= 0.3 is 0 Å². The molecule has 1 aromatic heterocycles. The third-order valence-electron chi connectivity index (χ3n) is 3.28. The summed E-state index contributed by atoms with van der Waals surface area (Å²) in [5.41, 5.74) is 7.59. The molecule has 110 valence electrons. The minimum absolute atomic E-state index is 0.00361. The number of hydrogen-bond acceptors (Lipinski definition) is 3. The van der Waals surface area contributed by atoms with Crippen molar-refractivity contribution in [3.05, 3.63) is 52.3 Å². The molecular formula is C16H18N2O2S. The van der Waals surface area contributed by atoms with E-state index in [9.17, 15) is 4.79 Å². The zero-order valence-corrected chi connectivity index (χ0v) is 13.1. The van der Waals surface area contributed by atoms with Gasteiger partial charge < -0.3 is 15.0 Å². The van der Waals surface area contributed by atoms with Crippen LogP contribution in [0, 0.1) is 0 Å². The van der Waals surface area contributed by atoms with Crippen LogP contribution >= 0.6 is 12.2 Å². The van der Waals surface area contributed by atoms with Crippen molar-refractivity contribution < 1.29 is 4.74 Å². The van der Waals surface area contributed by atoms with Gasteiger partial charge in [0.25, 0.3) is 5.56 Å². The molecule has 0 amide bonds. The molecule has 4 nitrogen and oxygen atoms in total. The predicted molar refractivity (Wildman–Crippen MR) is 89.0 cm³/mol. The Balaban J connectivity index is 2.65. The number of aromatic nitrogens is 1. The van der Waals surface area contributed by atoms with E-state index in [2.05, 4.69) is 0 Å². The van der Waals surface area contributed by atoms with E-state index >= 15 is 0 Å². The number of pyridine rings is 1. The largest absolute Gasteiger partial charge is 0.497 e. The van der Waals surface area contributed by atoms with Crippen LogP contribution in [-0.2, 0) is 0 Å². The van der Waals surface area contributed by atoms with Gasteiger partial charge in [0.05, 0.1) is 18.4 Å². The number of nitrogens with zero attached hydrogens (tertiary/aromatic N) is 1. The molecule has 1 aromatic carbocycles. The van der Waals surface area contributed by atoms with Crippen LogP contribution in [0.4, 0.5) is 0 Å². The molecule has 2 N–H and O–H groups in total. The maximum absolute atomic E-state index is 12.5. The van der Waals surface area contributed by atoms with Gasteiger partial charge in [-0.05, 0) is 55.8 Å². The molecule has 2 aromatic rings. The smallest absolute Gasteiger partial charge is 0.261 e. The molecule has 2 rings (SSSR count). The van der Waals surface area contributed by atoms with Gasteiger partial charge in [0, 0.05) is 6.04 Å². The van der Waals surface area contributed by atoms with Crippen LogP contribution in [0.2, 0.25) is 0 Å². The highest BCUT2D eigenvalue weighted by Crippen LogP contribution is 2.23. The highest BCUT2D eigenvalue weighted by Gasteiger charge is 2.14. The number of ether oxygens (including phenoxy) is 1. The second-order valence-corrected chi connectivity index (χ2v) is 5.43. The van der Waals surface area contributed by atoms with Crippen LogP contribution in [0.15, 0.2) is 41.2 Å². The van der Waals surface area contributed by atoms with E-state index in [1.54, 1.807) is 17.7 Å². The fourth-order valence-corrected chi connectivity index (χ4v) is 2.41. The molecule has 0 bridgehead atoms. The van der Waals surface area contributed by atoms with Crippen LogP contribution in [0.25, 0.3) is 11.3 Å². The third-order valence-corrected chi connectivity index (χ3v) is 3.50. The maximum Gasteiger partial charge on any atom is 0.261 e. The lowest BCUT2D eigenvalue weighted by Gasteiger charge is -2.18. The molecule has 5 heteroatoms. The molecule has 0 aliphatic rings. The van der Waals surface area contributed by atoms with Gasteiger partial charge in [-0.25, -0.2) is 0 Å². The van der Waals surface area contributed by atoms with E-state index in [-0.39, 0.29) is 16.6 Å². The van der Waals surface area contributed by atoms with Crippen molar-refractivity contribution in [3.63, 3.8) is 0 Å². The summed E-state index contributed by atoms with van der Waals surface area (Å²) in [7, 11) is 1.62. The first-order valence-electron chi connectivity index (χ1n) is 6.65. The summed E-state index contributed by atoms with van der Waals surface area (Å²) in [6.07, 6.45) is 0. The maximum atomic E-state index is 12.5. The summed E-state index contributed by atoms with van der Waals surface area (Å²) in [5, 5.41) is 0. The lowest BCUT2D eigenvalue weighted by Crippen LogP contribution is -2.30. The van der Waals surface area contributed by atoms with Gasteiger partial charge in [0.2, 0.25) is 0 Å². The lowest BCUT2D eigenvalue weighted by molar-refractivity contribution is 0.415. The summed E-state index contributed by atoms with van der Waals surface area (Å²) in [5.74, 6) is 0.775. The van der Waals surface area contributed by atoms with Crippen LogP contribution in [0.1, 0.15) is 25.5 Å². The number of hydrogen-bond donors (Lipinski definition) is 1. The second kappa shape index (κ2) is 6.10. The predicted octanol–water partition coefficient (Wildman–Crippen LogP) is 2.74. The van der Waals surface area contributed by atoms with E-state index in [4.69, 9.17) is 22.7 Å². The summed E-state index contributed by atoms with van der Waals surface area (Å²) in [4.78, 5) is 12.7. The van der Waals surface area contributed by atoms with E-state index in [1.165, 1.54) is 0 Å². The van der Waals surface area contributed by atoms with Crippen molar-refractivity contribution in [1.29, 1.82) is 0 Å². The first kappa shape index (κ1) is 15.3. The molecule has 1 heterocycles. The quantitative estimate of drug-likeness (QED) is 0.882. The molecule has 21 heavy (non-hydrogen) atoms. The van der Waals surface area contributed by atoms with Crippen molar-refractivity contribution in [2.24, 2.45) is 5.73 Å². The molecular weight excluding hydrogens is 284 g/mol. The number of methoxy groups -OCH3 is 1. The Morgan fingerprint density at radius 3 is 2.29 bits per heavy atom. The minimum Gasteiger partial charge on any atom is -0.497 e. The molecule has 0 saturated heterocycles. The average Bonchev–Trinajstić information content (AvgIpc) is 2.46. The van der Waals surface area contributed by atoms with E-state index in [1.807, 2.05) is 44.2 Å². The Labute approximate surface area is 129 Å². The number of thiocarbonyl (C=S) groups is 1. The Morgan fingerprint density at radius 1 is 1.19 bits per heavy atom. The lowest BCUT2D eigenvalue weighted by atomic mass is 10.1. The minimum atomic E-state index is -0.161. The van der Waals surface area contributed by atoms with Gasteiger partial charge in [0.1, 0.15) is 10.7 Å². The van der Waals surface area contributed by atoms with Crippen molar-refractivity contribution in [2.75, 3.05) is 7.11 Å². The van der Waals surface area contributed by atoms with Crippen molar-refractivity contribution in [3.8, 4) is 17.0 Å². The second-order valence-electron chi connectivity index (χ2n) is 4.99. The molecule has 0 aliphatic carbocycles. The molecule has 0 radical (unpaired) electrons. The number of nitrogens with two attached hydrogens (primary N) is 1. The molecule has 0 spiro atoms. The highest BCUT2D eigenvalue weighted by atomic mass is 32.1. The van der Waals surface area contributed by atoms with Gasteiger partial charge in [-0.1, -0.05) is 12.2 Å². The van der Waals surface area contributed by atoms with E-state index in [0.717, 1.165) is 17.0 Å². The fourth-order valence-electron chi connectivity index (χ4n) is 2.25. The molecule has 0 saturated carbocycles. The van der Waals surface area contributed by atoms with Crippen molar-refractivity contribution >= 4 is 17.2 Å². The topological polar surface area (TPSA) is 57.2 Å². The molecule has 0 aliphatic heterocycles. The molecule has 0 unspecified atom stereocenters. The van der Waals surface area contributed by atoms with Crippen molar-refractivity contribution in [2.45, 2.75) is 19.9 Å².